The predicted molar refractivity (Wildman–Crippen MR) is 83.0 cm³/mol. The van der Waals surface area contributed by atoms with Gasteiger partial charge in [-0.1, -0.05) is 104 Å². The summed E-state index contributed by atoms with van der Waals surface area (Å²) in [5.41, 5.74) is 0. The summed E-state index contributed by atoms with van der Waals surface area (Å²) >= 11 is 0. The maximum absolute atomic E-state index is 2.46. The van der Waals surface area contributed by atoms with Gasteiger partial charge in [0.25, 0.3) is 0 Å². The van der Waals surface area contributed by atoms with E-state index in [0.717, 1.165) is 11.8 Å². The third kappa shape index (κ3) is 9.00. The molecular formula is C18H36. The Kier molecular flexibility index (Phi) is 9.70. The number of hydrogen-bond donors (Lipinski definition) is 0. The molecule has 1 aliphatic rings. The maximum Gasteiger partial charge on any atom is -0.0443 e. The molecule has 18 heavy (non-hydrogen) atoms. The fourth-order valence-electron chi connectivity index (χ4n) is 3.32. The van der Waals surface area contributed by atoms with Crippen molar-refractivity contribution in [3.05, 3.63) is 0 Å². The molecule has 0 saturated heterocycles. The van der Waals surface area contributed by atoms with Gasteiger partial charge >= 0.3 is 0 Å². The smallest absolute Gasteiger partial charge is 0.0443 e. The summed E-state index contributed by atoms with van der Waals surface area (Å²) in [7, 11) is 0. The molecule has 1 aliphatic carbocycles. The van der Waals surface area contributed by atoms with Crippen LogP contribution in [-0.4, -0.2) is 0 Å². The van der Waals surface area contributed by atoms with Gasteiger partial charge in [-0.2, -0.15) is 0 Å². The zero-order chi connectivity index (χ0) is 13.1. The summed E-state index contributed by atoms with van der Waals surface area (Å²) in [5, 5.41) is 0. The molecule has 0 aliphatic heterocycles. The second-order valence-electron chi connectivity index (χ2n) is 6.90. The Balaban J connectivity index is 2.17. The largest absolute Gasteiger partial charge is 0.0625 e. The van der Waals surface area contributed by atoms with Gasteiger partial charge in [-0.25, -0.2) is 0 Å². The summed E-state index contributed by atoms with van der Waals surface area (Å²) in [6, 6.07) is 0. The molecule has 0 heterocycles. The second kappa shape index (κ2) is 10.9. The molecule has 0 spiro atoms. The summed E-state index contributed by atoms with van der Waals surface area (Å²) in [6.45, 7) is 4.93. The van der Waals surface area contributed by atoms with Crippen molar-refractivity contribution in [1.29, 1.82) is 0 Å². The summed E-state index contributed by atoms with van der Waals surface area (Å²) in [6.07, 6.45) is 20.8. The first-order chi connectivity index (χ1) is 8.79. The molecule has 0 aromatic carbocycles. The lowest BCUT2D eigenvalue weighted by molar-refractivity contribution is 0.400. The summed E-state index contributed by atoms with van der Waals surface area (Å²) in [4.78, 5) is 0. The Morgan fingerprint density at radius 3 is 0.944 bits per heavy atom. The van der Waals surface area contributed by atoms with Crippen LogP contribution in [0.4, 0.5) is 0 Å². The van der Waals surface area contributed by atoms with Crippen LogP contribution in [0, 0.1) is 11.8 Å². The van der Waals surface area contributed by atoms with Gasteiger partial charge in [0.05, 0.1) is 0 Å². The molecule has 0 aromatic heterocycles. The lowest BCUT2D eigenvalue weighted by atomic mass is 9.93. The zero-order valence-electron chi connectivity index (χ0n) is 13.1. The molecular weight excluding hydrogens is 216 g/mol. The van der Waals surface area contributed by atoms with Crippen LogP contribution in [0.1, 0.15) is 104 Å². The van der Waals surface area contributed by atoms with Crippen molar-refractivity contribution in [3.63, 3.8) is 0 Å². The Bertz CT molecular complexity index is 155. The molecule has 0 aromatic rings. The zero-order valence-corrected chi connectivity index (χ0v) is 13.1. The minimum Gasteiger partial charge on any atom is -0.0625 e. The van der Waals surface area contributed by atoms with Crippen molar-refractivity contribution in [2.24, 2.45) is 11.8 Å². The highest BCUT2D eigenvalue weighted by Gasteiger charge is 2.05. The van der Waals surface area contributed by atoms with E-state index >= 15 is 0 Å². The normalized spacial score (nSPS) is 31.0. The van der Waals surface area contributed by atoms with Crippen molar-refractivity contribution >= 4 is 0 Å². The molecule has 0 radical (unpaired) electrons. The Morgan fingerprint density at radius 2 is 0.611 bits per heavy atom. The third-order valence-corrected chi connectivity index (χ3v) is 4.79. The third-order valence-electron chi connectivity index (χ3n) is 4.79. The van der Waals surface area contributed by atoms with Gasteiger partial charge in [0, 0.05) is 0 Å². The number of hydrogen-bond acceptors (Lipinski definition) is 0. The molecule has 0 bridgehead atoms. The molecule has 1 fully saturated rings. The molecule has 108 valence electrons. The van der Waals surface area contributed by atoms with Crippen LogP contribution < -0.4 is 0 Å². The van der Waals surface area contributed by atoms with E-state index in [-0.39, 0.29) is 0 Å². The molecule has 0 nitrogen and oxygen atoms in total. The van der Waals surface area contributed by atoms with E-state index in [2.05, 4.69) is 13.8 Å². The highest BCUT2D eigenvalue weighted by molar-refractivity contribution is 4.59. The topological polar surface area (TPSA) is 0 Å². The lowest BCUT2D eigenvalue weighted by Gasteiger charge is -2.14. The standard InChI is InChI=1S/C18H36/c1-17-13-9-6-4-3-5-7-10-14-18(2)16-12-8-11-15-17/h17-18H,3-16H2,1-2H3. The quantitative estimate of drug-likeness (QED) is 0.448. The predicted octanol–water partition coefficient (Wildman–Crippen LogP) is 6.73. The maximum atomic E-state index is 2.46. The molecule has 2 unspecified atom stereocenters. The van der Waals surface area contributed by atoms with Crippen LogP contribution in [0.25, 0.3) is 0 Å². The van der Waals surface area contributed by atoms with Gasteiger partial charge in [-0.3, -0.25) is 0 Å². The highest BCUT2D eigenvalue weighted by atomic mass is 14.1. The fourth-order valence-corrected chi connectivity index (χ4v) is 3.32. The molecule has 2 atom stereocenters. The van der Waals surface area contributed by atoms with Gasteiger partial charge < -0.3 is 0 Å². The minimum absolute atomic E-state index is 0.982. The van der Waals surface area contributed by atoms with E-state index in [9.17, 15) is 0 Å². The monoisotopic (exact) mass is 252 g/mol. The molecule has 0 N–H and O–H groups in total. The van der Waals surface area contributed by atoms with E-state index in [4.69, 9.17) is 0 Å². The van der Waals surface area contributed by atoms with Gasteiger partial charge in [0.15, 0.2) is 0 Å². The summed E-state index contributed by atoms with van der Waals surface area (Å²) in [5.74, 6) is 1.96. The van der Waals surface area contributed by atoms with Gasteiger partial charge in [0.2, 0.25) is 0 Å². The minimum atomic E-state index is 0.982. The molecule has 0 amide bonds. The van der Waals surface area contributed by atoms with E-state index in [1.807, 2.05) is 0 Å². The first-order valence-corrected chi connectivity index (χ1v) is 8.79. The molecule has 1 rings (SSSR count). The van der Waals surface area contributed by atoms with Crippen LogP contribution in [0.3, 0.4) is 0 Å². The van der Waals surface area contributed by atoms with Gasteiger partial charge in [0.1, 0.15) is 0 Å². The Morgan fingerprint density at radius 1 is 0.389 bits per heavy atom. The van der Waals surface area contributed by atoms with Crippen molar-refractivity contribution in [1.82, 2.24) is 0 Å². The van der Waals surface area contributed by atoms with E-state index in [1.165, 1.54) is 89.9 Å². The summed E-state index contributed by atoms with van der Waals surface area (Å²) < 4.78 is 0. The van der Waals surface area contributed by atoms with Crippen molar-refractivity contribution in [3.8, 4) is 0 Å². The van der Waals surface area contributed by atoms with Crippen LogP contribution >= 0.6 is 0 Å². The van der Waals surface area contributed by atoms with E-state index in [0.29, 0.717) is 0 Å². The fraction of sp³-hybridized carbons (Fsp3) is 1.00. The van der Waals surface area contributed by atoms with Crippen LogP contribution in [-0.2, 0) is 0 Å². The first kappa shape index (κ1) is 16.1. The van der Waals surface area contributed by atoms with Crippen LogP contribution in [0.5, 0.6) is 0 Å². The second-order valence-corrected chi connectivity index (χ2v) is 6.90. The van der Waals surface area contributed by atoms with Crippen LogP contribution in [0.2, 0.25) is 0 Å². The van der Waals surface area contributed by atoms with Crippen molar-refractivity contribution in [2.45, 2.75) is 104 Å². The SMILES string of the molecule is CC1CCCCCCCCCC(C)CCCCC1. The van der Waals surface area contributed by atoms with E-state index in [1.54, 1.807) is 0 Å². The van der Waals surface area contributed by atoms with E-state index < -0.39 is 0 Å². The van der Waals surface area contributed by atoms with Crippen molar-refractivity contribution in [2.75, 3.05) is 0 Å². The average Bonchev–Trinajstić information content (AvgIpc) is 2.35. The lowest BCUT2D eigenvalue weighted by Crippen LogP contribution is -1.98. The van der Waals surface area contributed by atoms with Gasteiger partial charge in [-0.15, -0.1) is 0 Å². The molecule has 1 saturated carbocycles. The Labute approximate surface area is 116 Å². The number of rotatable bonds is 0. The molecule has 0 heteroatoms. The highest BCUT2D eigenvalue weighted by Crippen LogP contribution is 2.21. The van der Waals surface area contributed by atoms with Gasteiger partial charge in [-0.05, 0) is 11.8 Å². The van der Waals surface area contributed by atoms with Crippen LogP contribution in [0.15, 0.2) is 0 Å². The first-order valence-electron chi connectivity index (χ1n) is 8.79. The Hall–Kier alpha value is 0. The van der Waals surface area contributed by atoms with Crippen molar-refractivity contribution < 1.29 is 0 Å². The average molecular weight is 252 g/mol.